The maximum absolute atomic E-state index is 12.5. The number of likely N-dealkylation sites (tertiary alicyclic amines) is 1. The van der Waals surface area contributed by atoms with Gasteiger partial charge in [-0.2, -0.15) is 0 Å². The van der Waals surface area contributed by atoms with Crippen LogP contribution in [0, 0.1) is 0 Å². The predicted molar refractivity (Wildman–Crippen MR) is 85.4 cm³/mol. The van der Waals surface area contributed by atoms with E-state index >= 15 is 0 Å². The molecule has 0 N–H and O–H groups in total. The van der Waals surface area contributed by atoms with Crippen LogP contribution in [-0.4, -0.2) is 49.7 Å². The number of esters is 1. The Balaban J connectivity index is 2.01. The topological polar surface area (TPSA) is 55.8 Å². The second kappa shape index (κ2) is 7.74. The van der Waals surface area contributed by atoms with Crippen LogP contribution in [0.2, 0.25) is 0 Å². The van der Waals surface area contributed by atoms with E-state index in [0.29, 0.717) is 25.8 Å². The van der Waals surface area contributed by atoms with E-state index in [2.05, 4.69) is 15.9 Å². The van der Waals surface area contributed by atoms with Gasteiger partial charge in [0.1, 0.15) is 6.04 Å². The van der Waals surface area contributed by atoms with Gasteiger partial charge in [-0.1, -0.05) is 34.1 Å². The Bertz CT molecular complexity index is 549. The van der Waals surface area contributed by atoms with E-state index in [1.54, 1.807) is 12.0 Å². The van der Waals surface area contributed by atoms with Gasteiger partial charge in [0.05, 0.1) is 13.2 Å². The number of ether oxygens (including phenoxy) is 2. The third-order valence-electron chi connectivity index (χ3n) is 3.96. The first kappa shape index (κ1) is 17.0. The van der Waals surface area contributed by atoms with Crippen molar-refractivity contribution >= 4 is 27.8 Å². The number of amides is 1. The Labute approximate surface area is 138 Å². The fraction of sp³-hybridized carbons (Fsp3) is 0.500. The van der Waals surface area contributed by atoms with Gasteiger partial charge in [-0.3, -0.25) is 4.79 Å². The summed E-state index contributed by atoms with van der Waals surface area (Å²) in [6.07, 6.45) is 1.36. The third-order valence-corrected chi connectivity index (χ3v) is 4.73. The minimum absolute atomic E-state index is 0.0503. The minimum Gasteiger partial charge on any atom is -0.467 e. The van der Waals surface area contributed by atoms with Crippen molar-refractivity contribution in [3.05, 3.63) is 34.3 Å². The lowest BCUT2D eigenvalue weighted by Gasteiger charge is -2.22. The van der Waals surface area contributed by atoms with Gasteiger partial charge in [-0.05, 0) is 18.1 Å². The molecule has 2 atom stereocenters. The highest BCUT2D eigenvalue weighted by molar-refractivity contribution is 9.10. The van der Waals surface area contributed by atoms with Gasteiger partial charge in [-0.25, -0.2) is 4.79 Å². The van der Waals surface area contributed by atoms with E-state index in [4.69, 9.17) is 9.47 Å². The van der Waals surface area contributed by atoms with Crippen molar-refractivity contribution in [3.63, 3.8) is 0 Å². The van der Waals surface area contributed by atoms with Crippen LogP contribution in [-0.2, 0) is 25.5 Å². The molecule has 0 saturated carbocycles. The molecule has 0 spiro atoms. The number of halogens is 1. The van der Waals surface area contributed by atoms with Crippen molar-refractivity contribution in [1.29, 1.82) is 0 Å². The van der Waals surface area contributed by atoms with Gasteiger partial charge in [0.25, 0.3) is 0 Å². The monoisotopic (exact) mass is 369 g/mol. The predicted octanol–water partition coefficient (Wildman–Crippen LogP) is 2.17. The van der Waals surface area contributed by atoms with Crippen LogP contribution in [0.15, 0.2) is 28.7 Å². The number of methoxy groups -OCH3 is 2. The molecule has 1 amide bonds. The molecule has 1 aliphatic rings. The van der Waals surface area contributed by atoms with E-state index in [-0.39, 0.29) is 18.0 Å². The Morgan fingerprint density at radius 3 is 2.68 bits per heavy atom. The van der Waals surface area contributed by atoms with Gasteiger partial charge in [0.15, 0.2) is 0 Å². The van der Waals surface area contributed by atoms with E-state index in [0.717, 1.165) is 10.0 Å². The van der Waals surface area contributed by atoms with Crippen LogP contribution in [0.5, 0.6) is 0 Å². The first-order valence-electron chi connectivity index (χ1n) is 7.20. The van der Waals surface area contributed by atoms with Gasteiger partial charge in [-0.15, -0.1) is 0 Å². The molecule has 1 heterocycles. The smallest absolute Gasteiger partial charge is 0.328 e. The maximum Gasteiger partial charge on any atom is 0.328 e. The highest BCUT2D eigenvalue weighted by Crippen LogP contribution is 2.23. The molecular formula is C16H20BrNO4. The van der Waals surface area contributed by atoms with E-state index in [9.17, 15) is 9.59 Å². The minimum atomic E-state index is -0.540. The molecule has 0 aromatic heterocycles. The summed E-state index contributed by atoms with van der Waals surface area (Å²) in [5.74, 6) is -0.431. The van der Waals surface area contributed by atoms with Crippen LogP contribution < -0.4 is 0 Å². The Morgan fingerprint density at radius 2 is 2.05 bits per heavy atom. The normalized spacial score (nSPS) is 21.0. The highest BCUT2D eigenvalue weighted by Gasteiger charge is 2.40. The number of aryl methyl sites for hydroxylation is 1. The lowest BCUT2D eigenvalue weighted by Crippen LogP contribution is -2.41. The first-order chi connectivity index (χ1) is 10.6. The molecule has 6 heteroatoms. The number of benzene rings is 1. The molecule has 1 aromatic rings. The zero-order valence-electron chi connectivity index (χ0n) is 12.8. The number of nitrogens with zero attached hydrogens (tertiary/aromatic N) is 1. The fourth-order valence-corrected chi connectivity index (χ4v) is 3.17. The lowest BCUT2D eigenvalue weighted by molar-refractivity contribution is -0.150. The largest absolute Gasteiger partial charge is 0.467 e. The number of hydrogen-bond acceptors (Lipinski definition) is 4. The molecule has 5 nitrogen and oxygen atoms in total. The van der Waals surface area contributed by atoms with Crippen molar-refractivity contribution in [3.8, 4) is 0 Å². The molecule has 1 fully saturated rings. The maximum atomic E-state index is 12.5. The van der Waals surface area contributed by atoms with Crippen molar-refractivity contribution in [2.24, 2.45) is 0 Å². The lowest BCUT2D eigenvalue weighted by atomic mass is 10.1. The summed E-state index contributed by atoms with van der Waals surface area (Å²) in [5, 5.41) is 0. The molecule has 0 aliphatic carbocycles. The van der Waals surface area contributed by atoms with Gasteiger partial charge < -0.3 is 14.4 Å². The van der Waals surface area contributed by atoms with Crippen LogP contribution in [0.4, 0.5) is 0 Å². The molecule has 0 unspecified atom stereocenters. The number of rotatable bonds is 5. The van der Waals surface area contributed by atoms with Crippen LogP contribution in [0.3, 0.4) is 0 Å². The molecule has 1 aromatic carbocycles. The summed E-state index contributed by atoms with van der Waals surface area (Å²) in [4.78, 5) is 25.9. The number of carbonyl (C=O) groups excluding carboxylic acids is 2. The average Bonchev–Trinajstić information content (AvgIpc) is 2.97. The fourth-order valence-electron chi connectivity index (χ4n) is 2.69. The molecule has 120 valence electrons. The summed E-state index contributed by atoms with van der Waals surface area (Å²) in [6, 6.07) is 7.28. The molecular weight excluding hydrogens is 350 g/mol. The number of carbonyl (C=O) groups is 2. The van der Waals surface area contributed by atoms with Crippen molar-refractivity contribution in [2.45, 2.75) is 31.4 Å². The Kier molecular flexibility index (Phi) is 5.97. The Hall–Kier alpha value is -1.40. The van der Waals surface area contributed by atoms with Gasteiger partial charge in [0, 0.05) is 31.0 Å². The SMILES string of the molecule is COC(=O)[C@H]1C[C@H](OC)CN1C(=O)CCc1ccccc1Br. The van der Waals surface area contributed by atoms with Crippen LogP contribution >= 0.6 is 15.9 Å². The summed E-state index contributed by atoms with van der Waals surface area (Å²) in [7, 11) is 2.93. The zero-order valence-corrected chi connectivity index (χ0v) is 14.3. The second-order valence-corrected chi connectivity index (χ2v) is 6.12. The number of hydrogen-bond donors (Lipinski definition) is 0. The molecule has 2 rings (SSSR count). The molecule has 0 radical (unpaired) electrons. The molecule has 22 heavy (non-hydrogen) atoms. The summed E-state index contributed by atoms with van der Waals surface area (Å²) in [6.45, 7) is 0.436. The molecule has 1 aliphatic heterocycles. The second-order valence-electron chi connectivity index (χ2n) is 5.27. The third kappa shape index (κ3) is 3.87. The van der Waals surface area contributed by atoms with Crippen molar-refractivity contribution < 1.29 is 19.1 Å². The van der Waals surface area contributed by atoms with Gasteiger partial charge >= 0.3 is 5.97 Å². The Morgan fingerprint density at radius 1 is 1.32 bits per heavy atom. The quantitative estimate of drug-likeness (QED) is 0.746. The van der Waals surface area contributed by atoms with Crippen molar-refractivity contribution in [2.75, 3.05) is 20.8 Å². The van der Waals surface area contributed by atoms with E-state index in [1.807, 2.05) is 24.3 Å². The molecule has 0 bridgehead atoms. The summed E-state index contributed by atoms with van der Waals surface area (Å²) >= 11 is 3.48. The van der Waals surface area contributed by atoms with Crippen molar-refractivity contribution in [1.82, 2.24) is 4.90 Å². The highest BCUT2D eigenvalue weighted by atomic mass is 79.9. The zero-order chi connectivity index (χ0) is 16.1. The van der Waals surface area contributed by atoms with Crippen LogP contribution in [0.1, 0.15) is 18.4 Å². The average molecular weight is 370 g/mol. The molecule has 1 saturated heterocycles. The van der Waals surface area contributed by atoms with E-state index in [1.165, 1.54) is 7.11 Å². The summed E-state index contributed by atoms with van der Waals surface area (Å²) in [5.41, 5.74) is 1.08. The first-order valence-corrected chi connectivity index (χ1v) is 7.99. The summed E-state index contributed by atoms with van der Waals surface area (Å²) < 4.78 is 11.1. The van der Waals surface area contributed by atoms with Crippen LogP contribution in [0.25, 0.3) is 0 Å². The van der Waals surface area contributed by atoms with E-state index < -0.39 is 6.04 Å². The van der Waals surface area contributed by atoms with Gasteiger partial charge in [0.2, 0.25) is 5.91 Å². The standard InChI is InChI=1S/C16H20BrNO4/c1-21-12-9-14(16(20)22-2)18(10-12)15(19)8-7-11-5-3-4-6-13(11)17/h3-6,12,14H,7-10H2,1-2H3/t12-,14+/m0/s1.